The number of hydrogen-bond donors (Lipinski definition) is 1. The Morgan fingerprint density at radius 3 is 2.59 bits per heavy atom. The molecule has 1 N–H and O–H groups in total. The smallest absolute Gasteiger partial charge is 0.223 e. The summed E-state index contributed by atoms with van der Waals surface area (Å²) in [6, 6.07) is 8.05. The van der Waals surface area contributed by atoms with Gasteiger partial charge in [-0.25, -0.2) is 0 Å². The minimum atomic E-state index is 0.0737. The van der Waals surface area contributed by atoms with Gasteiger partial charge in [-0.3, -0.25) is 9.69 Å². The van der Waals surface area contributed by atoms with Gasteiger partial charge in [-0.2, -0.15) is 0 Å². The third-order valence-electron chi connectivity index (χ3n) is 4.08. The van der Waals surface area contributed by atoms with Crippen molar-refractivity contribution in [3.8, 4) is 0 Å². The van der Waals surface area contributed by atoms with Crippen molar-refractivity contribution < 1.29 is 9.53 Å². The van der Waals surface area contributed by atoms with E-state index < -0.39 is 0 Å². The van der Waals surface area contributed by atoms with Crippen molar-refractivity contribution in [3.63, 3.8) is 0 Å². The normalized spacial score (nSPS) is 18.1. The number of hydrogen-bond acceptors (Lipinski definition) is 3. The predicted molar refractivity (Wildman–Crippen MR) is 88.9 cm³/mol. The lowest BCUT2D eigenvalue weighted by atomic mass is 9.95. The van der Waals surface area contributed by atoms with Crippen LogP contribution in [0, 0.1) is 5.92 Å². The minimum Gasteiger partial charge on any atom is -0.383 e. The van der Waals surface area contributed by atoms with Gasteiger partial charge < -0.3 is 10.1 Å². The molecule has 122 valence electrons. The fourth-order valence-corrected chi connectivity index (χ4v) is 2.98. The van der Waals surface area contributed by atoms with Gasteiger partial charge in [0.2, 0.25) is 5.91 Å². The number of ether oxygens (including phenoxy) is 1. The Balaban J connectivity index is 1.75. The second-order valence-corrected chi connectivity index (χ2v) is 6.48. The number of nitrogens with zero attached hydrogens (tertiary/aromatic N) is 1. The van der Waals surface area contributed by atoms with Crippen LogP contribution in [0.3, 0.4) is 0 Å². The Bertz CT molecular complexity index is 470. The second kappa shape index (κ2) is 8.51. The molecular weight excluding hydrogens is 300 g/mol. The maximum Gasteiger partial charge on any atom is 0.223 e. The molecule has 1 aliphatic heterocycles. The van der Waals surface area contributed by atoms with Crippen LogP contribution in [-0.2, 0) is 16.1 Å². The molecule has 0 unspecified atom stereocenters. The molecule has 1 aromatic carbocycles. The Kier molecular flexibility index (Phi) is 6.68. The maximum absolute atomic E-state index is 12.2. The zero-order valence-electron chi connectivity index (χ0n) is 13.3. The molecule has 1 amide bonds. The predicted octanol–water partition coefficient (Wildman–Crippen LogP) is 2.70. The van der Waals surface area contributed by atoms with E-state index in [0.29, 0.717) is 6.61 Å². The highest BCUT2D eigenvalue weighted by Crippen LogP contribution is 2.20. The number of halogens is 1. The summed E-state index contributed by atoms with van der Waals surface area (Å²) in [4.78, 5) is 14.6. The van der Waals surface area contributed by atoms with Crippen molar-refractivity contribution in [3.05, 3.63) is 34.9 Å². The number of likely N-dealkylation sites (tertiary alicyclic amines) is 1. The summed E-state index contributed by atoms with van der Waals surface area (Å²) in [6.45, 7) is 5.36. The van der Waals surface area contributed by atoms with Crippen LogP contribution in [0.5, 0.6) is 0 Å². The molecule has 1 aromatic rings. The molecule has 1 saturated heterocycles. The van der Waals surface area contributed by atoms with Crippen molar-refractivity contribution in [1.82, 2.24) is 10.2 Å². The Morgan fingerprint density at radius 2 is 2.00 bits per heavy atom. The van der Waals surface area contributed by atoms with Crippen LogP contribution >= 0.6 is 11.6 Å². The summed E-state index contributed by atoms with van der Waals surface area (Å²) < 4.78 is 5.05. The second-order valence-electron chi connectivity index (χ2n) is 6.04. The van der Waals surface area contributed by atoms with Crippen LogP contribution in [0.15, 0.2) is 24.3 Å². The molecule has 0 aliphatic carbocycles. The van der Waals surface area contributed by atoms with Crippen molar-refractivity contribution in [2.24, 2.45) is 5.92 Å². The maximum atomic E-state index is 12.2. The topological polar surface area (TPSA) is 41.6 Å². The molecule has 0 bridgehead atoms. The molecule has 0 saturated carbocycles. The summed E-state index contributed by atoms with van der Waals surface area (Å²) in [5.41, 5.74) is 1.26. The van der Waals surface area contributed by atoms with Crippen molar-refractivity contribution in [2.75, 3.05) is 26.8 Å². The molecule has 1 fully saturated rings. The third kappa shape index (κ3) is 5.27. The van der Waals surface area contributed by atoms with Crippen LogP contribution in [0.1, 0.15) is 25.3 Å². The molecule has 2 rings (SSSR count). The van der Waals surface area contributed by atoms with E-state index in [1.54, 1.807) is 7.11 Å². The first-order valence-corrected chi connectivity index (χ1v) is 8.22. The van der Waals surface area contributed by atoms with Crippen LogP contribution in [0.4, 0.5) is 0 Å². The molecule has 1 heterocycles. The third-order valence-corrected chi connectivity index (χ3v) is 4.34. The number of carbonyl (C=O) groups excluding carboxylic acids is 1. The molecular formula is C17H25ClN2O2. The summed E-state index contributed by atoms with van der Waals surface area (Å²) in [5.74, 6) is 0.288. The van der Waals surface area contributed by atoms with E-state index in [-0.39, 0.29) is 17.9 Å². The lowest BCUT2D eigenvalue weighted by Crippen LogP contribution is -2.44. The average molecular weight is 325 g/mol. The van der Waals surface area contributed by atoms with Crippen LogP contribution in [0.25, 0.3) is 0 Å². The van der Waals surface area contributed by atoms with Gasteiger partial charge in [-0.1, -0.05) is 23.7 Å². The zero-order valence-corrected chi connectivity index (χ0v) is 14.1. The van der Waals surface area contributed by atoms with Crippen LogP contribution < -0.4 is 5.32 Å². The van der Waals surface area contributed by atoms with Crippen molar-refractivity contribution in [2.45, 2.75) is 32.4 Å². The molecule has 0 spiro atoms. The number of nitrogens with one attached hydrogen (secondary N) is 1. The number of piperidine rings is 1. The molecule has 1 atom stereocenters. The number of carbonyl (C=O) groups is 1. The molecule has 0 radical (unpaired) electrons. The standard InChI is InChI=1S/C17H25ClN2O2/c1-13(12-22-2)19-17(21)15-7-9-20(10-8-15)11-14-3-5-16(18)6-4-14/h3-6,13,15H,7-12H2,1-2H3,(H,19,21)/t13-/m0/s1. The SMILES string of the molecule is COC[C@H](C)NC(=O)C1CCN(Cc2ccc(Cl)cc2)CC1. The Morgan fingerprint density at radius 1 is 1.36 bits per heavy atom. The van der Waals surface area contributed by atoms with E-state index in [9.17, 15) is 4.79 Å². The number of rotatable bonds is 6. The van der Waals surface area contributed by atoms with Gasteiger partial charge in [0.05, 0.1) is 6.61 Å². The molecule has 5 heteroatoms. The number of benzene rings is 1. The first kappa shape index (κ1) is 17.3. The van der Waals surface area contributed by atoms with Crippen molar-refractivity contribution >= 4 is 17.5 Å². The monoisotopic (exact) mass is 324 g/mol. The average Bonchev–Trinajstić information content (AvgIpc) is 2.50. The minimum absolute atomic E-state index is 0.0737. The highest BCUT2D eigenvalue weighted by molar-refractivity contribution is 6.30. The van der Waals surface area contributed by atoms with Gasteiger partial charge >= 0.3 is 0 Å². The highest BCUT2D eigenvalue weighted by atomic mass is 35.5. The van der Waals surface area contributed by atoms with Gasteiger partial charge in [0.25, 0.3) is 0 Å². The van der Waals surface area contributed by atoms with Gasteiger partial charge in [0, 0.05) is 30.6 Å². The van der Waals surface area contributed by atoms with Gasteiger partial charge in [0.1, 0.15) is 0 Å². The molecule has 4 nitrogen and oxygen atoms in total. The van der Waals surface area contributed by atoms with E-state index in [4.69, 9.17) is 16.3 Å². The fourth-order valence-electron chi connectivity index (χ4n) is 2.85. The highest BCUT2D eigenvalue weighted by Gasteiger charge is 2.25. The number of amides is 1. The summed E-state index contributed by atoms with van der Waals surface area (Å²) >= 11 is 5.91. The quantitative estimate of drug-likeness (QED) is 0.874. The first-order chi connectivity index (χ1) is 10.6. The molecule has 22 heavy (non-hydrogen) atoms. The molecule has 1 aliphatic rings. The van der Waals surface area contributed by atoms with E-state index in [2.05, 4.69) is 22.3 Å². The fraction of sp³-hybridized carbons (Fsp3) is 0.588. The van der Waals surface area contributed by atoms with Gasteiger partial charge in [-0.15, -0.1) is 0 Å². The lowest BCUT2D eigenvalue weighted by Gasteiger charge is -2.31. The van der Waals surface area contributed by atoms with Gasteiger partial charge in [0.15, 0.2) is 0 Å². The largest absolute Gasteiger partial charge is 0.383 e. The zero-order chi connectivity index (χ0) is 15.9. The van der Waals surface area contributed by atoms with Crippen molar-refractivity contribution in [1.29, 1.82) is 0 Å². The van der Waals surface area contributed by atoms with Crippen LogP contribution in [-0.4, -0.2) is 43.7 Å². The van der Waals surface area contributed by atoms with E-state index in [1.807, 2.05) is 19.1 Å². The lowest BCUT2D eigenvalue weighted by molar-refractivity contribution is -0.127. The first-order valence-electron chi connectivity index (χ1n) is 7.84. The Hall–Kier alpha value is -1.10. The summed E-state index contributed by atoms with van der Waals surface area (Å²) in [5, 5.41) is 3.79. The molecule has 0 aromatic heterocycles. The number of methoxy groups -OCH3 is 1. The Labute approximate surface area is 137 Å². The summed E-state index contributed by atoms with van der Waals surface area (Å²) in [7, 11) is 1.65. The van der Waals surface area contributed by atoms with Gasteiger partial charge in [-0.05, 0) is 50.6 Å². The van der Waals surface area contributed by atoms with E-state index in [0.717, 1.165) is 37.5 Å². The van der Waals surface area contributed by atoms with E-state index >= 15 is 0 Å². The summed E-state index contributed by atoms with van der Waals surface area (Å²) in [6.07, 6.45) is 1.83. The van der Waals surface area contributed by atoms with Crippen LogP contribution in [0.2, 0.25) is 5.02 Å². The van der Waals surface area contributed by atoms with E-state index in [1.165, 1.54) is 5.56 Å².